The number of alkyl halides is 6. The molecule has 0 aliphatic carbocycles. The van der Waals surface area contributed by atoms with Crippen LogP contribution in [0.2, 0.25) is 0 Å². The van der Waals surface area contributed by atoms with Crippen LogP contribution in [0.15, 0.2) is 24.3 Å². The lowest BCUT2D eigenvalue weighted by atomic mass is 10.0. The van der Waals surface area contributed by atoms with Crippen molar-refractivity contribution in [1.82, 2.24) is 24.5 Å². The van der Waals surface area contributed by atoms with Gasteiger partial charge >= 0.3 is 12.5 Å². The van der Waals surface area contributed by atoms with Crippen LogP contribution in [0.25, 0.3) is 11.4 Å². The predicted molar refractivity (Wildman–Crippen MR) is 102 cm³/mol. The molecule has 3 heterocycles. The highest BCUT2D eigenvalue weighted by atomic mass is 19.4. The number of amides is 1. The molecule has 0 fully saturated rings. The summed E-state index contributed by atoms with van der Waals surface area (Å²) in [6.45, 7) is -0.0753. The van der Waals surface area contributed by atoms with Crippen molar-refractivity contribution in [1.29, 1.82) is 0 Å². The molecule has 0 atom stereocenters. The monoisotopic (exact) mass is 491 g/mol. The van der Waals surface area contributed by atoms with Gasteiger partial charge in [0.05, 0.1) is 29.2 Å². The summed E-state index contributed by atoms with van der Waals surface area (Å²) in [5.41, 5.74) is -0.148. The van der Waals surface area contributed by atoms with Crippen molar-refractivity contribution in [2.45, 2.75) is 25.5 Å². The van der Waals surface area contributed by atoms with Gasteiger partial charge in [0.2, 0.25) is 0 Å². The zero-order valence-corrected chi connectivity index (χ0v) is 17.6. The number of nitrogens with zero attached hydrogens (tertiary/aromatic N) is 5. The Balaban J connectivity index is 1.63. The number of halogens is 7. The maximum absolute atomic E-state index is 14.5. The Morgan fingerprint density at radius 1 is 1.06 bits per heavy atom. The molecule has 0 saturated heterocycles. The van der Waals surface area contributed by atoms with Gasteiger partial charge in [-0.05, 0) is 24.6 Å². The maximum atomic E-state index is 14.5. The smallest absolute Gasteiger partial charge is 0.403 e. The van der Waals surface area contributed by atoms with Gasteiger partial charge < -0.3 is 9.64 Å². The average molecular weight is 491 g/mol. The van der Waals surface area contributed by atoms with Crippen LogP contribution in [0.1, 0.15) is 27.3 Å². The summed E-state index contributed by atoms with van der Waals surface area (Å²) >= 11 is 0. The number of carbonyl (C=O) groups is 1. The molecule has 1 amide bonds. The van der Waals surface area contributed by atoms with Crippen molar-refractivity contribution in [2.75, 3.05) is 6.54 Å². The van der Waals surface area contributed by atoms with Crippen molar-refractivity contribution in [2.24, 2.45) is 14.1 Å². The van der Waals surface area contributed by atoms with E-state index in [0.717, 1.165) is 28.9 Å². The number of carbonyl (C=O) groups excluding carboxylic acids is 1. The Morgan fingerprint density at radius 3 is 2.38 bits per heavy atom. The molecule has 7 nitrogen and oxygen atoms in total. The van der Waals surface area contributed by atoms with Crippen LogP contribution in [0.4, 0.5) is 30.7 Å². The lowest BCUT2D eigenvalue weighted by molar-refractivity contribution is -0.275. The minimum Gasteiger partial charge on any atom is -0.403 e. The highest BCUT2D eigenvalue weighted by Crippen LogP contribution is 2.35. The molecule has 182 valence electrons. The summed E-state index contributed by atoms with van der Waals surface area (Å²) in [7, 11) is 2.89. The van der Waals surface area contributed by atoms with Gasteiger partial charge in [-0.2, -0.15) is 23.4 Å². The van der Waals surface area contributed by atoms with Gasteiger partial charge in [-0.3, -0.25) is 14.2 Å². The first-order chi connectivity index (χ1) is 15.8. The second kappa shape index (κ2) is 8.02. The minimum atomic E-state index is -5.13. The summed E-state index contributed by atoms with van der Waals surface area (Å²) in [6.07, 6.45) is -9.59. The van der Waals surface area contributed by atoms with E-state index < -0.39 is 41.3 Å². The maximum Gasteiger partial charge on any atom is 0.573 e. The van der Waals surface area contributed by atoms with Crippen molar-refractivity contribution in [3.63, 3.8) is 0 Å². The standard InChI is InChI=1S/C20H16F7N5O2/c1-30-13(8-15(29-30)19(22,23)24)17-10-6-7-32(9-12(10)28-31(17)2)18(33)11-4-3-5-14(16(11)21)34-20(25,26)27/h3-5,8H,6-7,9H2,1-2H3. The molecule has 2 aromatic heterocycles. The molecule has 34 heavy (non-hydrogen) atoms. The van der Waals surface area contributed by atoms with Gasteiger partial charge in [-0.25, -0.2) is 4.39 Å². The normalized spacial score (nSPS) is 14.3. The highest BCUT2D eigenvalue weighted by Gasteiger charge is 2.37. The molecule has 14 heteroatoms. The molecule has 4 rings (SSSR count). The van der Waals surface area contributed by atoms with E-state index in [1.54, 1.807) is 0 Å². The molecule has 0 unspecified atom stereocenters. The van der Waals surface area contributed by atoms with Gasteiger partial charge in [0, 0.05) is 26.2 Å². The van der Waals surface area contributed by atoms with E-state index in [1.807, 2.05) is 0 Å². The lowest BCUT2D eigenvalue weighted by Crippen LogP contribution is -2.36. The van der Waals surface area contributed by atoms with E-state index in [1.165, 1.54) is 23.7 Å². The fourth-order valence-corrected chi connectivity index (χ4v) is 3.89. The Bertz CT molecular complexity index is 1260. The van der Waals surface area contributed by atoms with Gasteiger partial charge in [0.1, 0.15) is 0 Å². The van der Waals surface area contributed by atoms with Crippen LogP contribution in [-0.2, 0) is 33.2 Å². The Labute approximate surface area is 187 Å². The molecule has 1 aliphatic rings. The van der Waals surface area contributed by atoms with Gasteiger partial charge in [-0.1, -0.05) is 6.07 Å². The topological polar surface area (TPSA) is 65.2 Å². The molecule has 0 radical (unpaired) electrons. The quantitative estimate of drug-likeness (QED) is 0.519. The van der Waals surface area contributed by atoms with Crippen LogP contribution in [0, 0.1) is 5.82 Å². The fraction of sp³-hybridized carbons (Fsp3) is 0.350. The van der Waals surface area contributed by atoms with Crippen molar-refractivity contribution in [3.8, 4) is 17.1 Å². The Morgan fingerprint density at radius 2 is 1.76 bits per heavy atom. The third kappa shape index (κ3) is 4.31. The van der Waals surface area contributed by atoms with E-state index in [9.17, 15) is 35.5 Å². The van der Waals surface area contributed by atoms with Gasteiger partial charge in [0.15, 0.2) is 17.3 Å². The van der Waals surface area contributed by atoms with E-state index in [0.29, 0.717) is 17.0 Å². The number of ether oxygens (including phenoxy) is 1. The first-order valence-electron chi connectivity index (χ1n) is 9.76. The van der Waals surface area contributed by atoms with Gasteiger partial charge in [0.25, 0.3) is 5.91 Å². The molecule has 0 bridgehead atoms. The molecule has 3 aromatic rings. The third-order valence-electron chi connectivity index (χ3n) is 5.32. The highest BCUT2D eigenvalue weighted by molar-refractivity contribution is 5.95. The van der Waals surface area contributed by atoms with Crippen molar-refractivity contribution >= 4 is 5.91 Å². The zero-order valence-electron chi connectivity index (χ0n) is 17.6. The molecular formula is C20H16F7N5O2. The van der Waals surface area contributed by atoms with Crippen LogP contribution in [0.3, 0.4) is 0 Å². The Kier molecular flexibility index (Phi) is 5.56. The van der Waals surface area contributed by atoms with Crippen molar-refractivity contribution < 1.29 is 40.3 Å². The number of aromatic nitrogens is 4. The van der Waals surface area contributed by atoms with Crippen LogP contribution < -0.4 is 4.74 Å². The average Bonchev–Trinajstić information content (AvgIpc) is 3.26. The second-order valence-corrected chi connectivity index (χ2v) is 7.58. The molecule has 1 aliphatic heterocycles. The number of aryl methyl sites for hydroxylation is 2. The van der Waals surface area contributed by atoms with E-state index >= 15 is 0 Å². The first-order valence-corrected chi connectivity index (χ1v) is 9.76. The summed E-state index contributed by atoms with van der Waals surface area (Å²) in [6, 6.07) is 3.75. The number of fused-ring (bicyclic) bond motifs is 1. The van der Waals surface area contributed by atoms with Crippen LogP contribution in [-0.4, -0.2) is 43.3 Å². The largest absolute Gasteiger partial charge is 0.573 e. The number of hydrogen-bond acceptors (Lipinski definition) is 4. The molecule has 0 saturated carbocycles. The van der Waals surface area contributed by atoms with Crippen molar-refractivity contribution in [3.05, 3.63) is 52.6 Å². The first kappa shape index (κ1) is 23.6. The molecule has 0 spiro atoms. The minimum absolute atomic E-state index is 0.0400. The molecule has 1 aromatic carbocycles. The Hall–Kier alpha value is -3.58. The van der Waals surface area contributed by atoms with E-state index in [2.05, 4.69) is 14.9 Å². The second-order valence-electron chi connectivity index (χ2n) is 7.58. The molecule has 0 N–H and O–H groups in total. The summed E-state index contributed by atoms with van der Waals surface area (Å²) in [4.78, 5) is 14.0. The molecular weight excluding hydrogens is 475 g/mol. The SMILES string of the molecule is Cn1nc(C(F)(F)F)cc1-c1c2c(nn1C)CN(C(=O)c1cccc(OC(F)(F)F)c1F)CC2. The van der Waals surface area contributed by atoms with E-state index in [4.69, 9.17) is 0 Å². The third-order valence-corrected chi connectivity index (χ3v) is 5.32. The fourth-order valence-electron chi connectivity index (χ4n) is 3.89. The lowest BCUT2D eigenvalue weighted by Gasteiger charge is -2.27. The summed E-state index contributed by atoms with van der Waals surface area (Å²) < 4.78 is 97.3. The zero-order chi connectivity index (χ0) is 25.0. The van der Waals surface area contributed by atoms with Gasteiger partial charge in [-0.15, -0.1) is 13.2 Å². The number of hydrogen-bond donors (Lipinski definition) is 0. The predicted octanol–water partition coefficient (Wildman–Crippen LogP) is 4.08. The summed E-state index contributed by atoms with van der Waals surface area (Å²) in [5.74, 6) is -3.46. The number of benzene rings is 1. The van der Waals surface area contributed by atoms with E-state index in [-0.39, 0.29) is 25.2 Å². The number of rotatable bonds is 3. The van der Waals surface area contributed by atoms with Crippen LogP contribution >= 0.6 is 0 Å². The van der Waals surface area contributed by atoms with Crippen LogP contribution in [0.5, 0.6) is 5.75 Å². The summed E-state index contributed by atoms with van der Waals surface area (Å²) in [5, 5.41) is 7.79.